The highest BCUT2D eigenvalue weighted by molar-refractivity contribution is 6.02. The van der Waals surface area contributed by atoms with Crippen LogP contribution in [-0.2, 0) is 11.8 Å². The molecule has 2 aromatic carbocycles. The second-order valence-corrected chi connectivity index (χ2v) is 10.2. The maximum absolute atomic E-state index is 13.6. The number of ether oxygens (including phenoxy) is 1. The predicted molar refractivity (Wildman–Crippen MR) is 165 cm³/mol. The minimum atomic E-state index is -4.98. The lowest BCUT2D eigenvalue weighted by atomic mass is 10.1. The summed E-state index contributed by atoms with van der Waals surface area (Å²) in [5.41, 5.74) is 3.77. The van der Waals surface area contributed by atoms with Gasteiger partial charge in [0.05, 0.1) is 22.8 Å². The Morgan fingerprint density at radius 3 is 2.58 bits per heavy atom. The summed E-state index contributed by atoms with van der Waals surface area (Å²) in [7, 11) is 7.42. The molecule has 0 bridgehead atoms. The molecule has 0 aliphatic rings. The maximum Gasteiger partial charge on any atom is 0.573 e. The summed E-state index contributed by atoms with van der Waals surface area (Å²) < 4.78 is 47.2. The van der Waals surface area contributed by atoms with Gasteiger partial charge in [0, 0.05) is 68.2 Å². The third-order valence-corrected chi connectivity index (χ3v) is 6.63. The Hall–Kier alpha value is -4.84. The molecule has 0 aliphatic heterocycles. The predicted octanol–water partition coefficient (Wildman–Crippen LogP) is 6.26. The van der Waals surface area contributed by atoms with Crippen molar-refractivity contribution in [1.29, 1.82) is 0 Å². The first kappa shape index (κ1) is 31.1. The number of fused-ring (bicyclic) bond motifs is 1. The molecular weight excluding hydrogens is 559 g/mol. The van der Waals surface area contributed by atoms with Crippen LogP contribution in [0.4, 0.5) is 36.2 Å². The average Bonchev–Trinajstić information content (AvgIpc) is 3.28. The molecule has 0 fully saturated rings. The van der Waals surface area contributed by atoms with E-state index >= 15 is 0 Å². The van der Waals surface area contributed by atoms with Crippen molar-refractivity contribution in [3.8, 4) is 17.0 Å². The van der Waals surface area contributed by atoms with E-state index in [2.05, 4.69) is 31.9 Å². The molecule has 0 radical (unpaired) electrons. The van der Waals surface area contributed by atoms with Gasteiger partial charge in [0.25, 0.3) is 0 Å². The van der Waals surface area contributed by atoms with Crippen LogP contribution in [-0.4, -0.2) is 65.9 Å². The largest absolute Gasteiger partial charge is 0.573 e. The molecule has 0 saturated heterocycles. The topological polar surface area (TPSA) is 87.5 Å². The van der Waals surface area contributed by atoms with Crippen molar-refractivity contribution in [2.45, 2.75) is 13.3 Å². The van der Waals surface area contributed by atoms with E-state index in [0.29, 0.717) is 24.5 Å². The lowest BCUT2D eigenvalue weighted by Crippen LogP contribution is -2.29. The molecule has 2 N–H and O–H groups in total. The van der Waals surface area contributed by atoms with Crippen molar-refractivity contribution in [2.75, 3.05) is 49.8 Å². The monoisotopic (exact) mass is 593 g/mol. The number of aromatic nitrogens is 3. The SMILES string of the molecule is C=C/C=C/C(=O)Nc1cc(Nc2ncc(C)c(-c3cn(C)c4ccccc34)n2)c(OC(F)(F)F)cc1N(C)CCN(C)C. The number of hydrogen-bond acceptors (Lipinski definition) is 7. The third-order valence-electron chi connectivity index (χ3n) is 6.63. The number of amides is 1. The van der Waals surface area contributed by atoms with E-state index in [9.17, 15) is 18.0 Å². The van der Waals surface area contributed by atoms with Gasteiger partial charge in [0.15, 0.2) is 5.75 Å². The zero-order chi connectivity index (χ0) is 31.3. The van der Waals surface area contributed by atoms with Gasteiger partial charge in [-0.05, 0) is 38.7 Å². The van der Waals surface area contributed by atoms with E-state index in [1.54, 1.807) is 18.1 Å². The number of carbonyl (C=O) groups excluding carboxylic acids is 1. The Morgan fingerprint density at radius 2 is 1.88 bits per heavy atom. The molecule has 0 saturated carbocycles. The van der Waals surface area contributed by atoms with Crippen molar-refractivity contribution in [1.82, 2.24) is 19.4 Å². The molecule has 2 aromatic heterocycles. The number of nitrogens with zero attached hydrogens (tertiary/aromatic N) is 5. The van der Waals surface area contributed by atoms with E-state index in [1.807, 2.05) is 68.0 Å². The second kappa shape index (κ2) is 13.0. The first-order valence-corrected chi connectivity index (χ1v) is 13.4. The Morgan fingerprint density at radius 1 is 1.14 bits per heavy atom. The number of aryl methyl sites for hydroxylation is 2. The van der Waals surface area contributed by atoms with Crippen LogP contribution in [0, 0.1) is 6.92 Å². The Bertz CT molecular complexity index is 1660. The fraction of sp³-hybridized carbons (Fsp3) is 0.258. The first-order chi connectivity index (χ1) is 20.4. The third kappa shape index (κ3) is 7.72. The average molecular weight is 594 g/mol. The van der Waals surface area contributed by atoms with Crippen molar-refractivity contribution in [3.63, 3.8) is 0 Å². The van der Waals surface area contributed by atoms with Crippen molar-refractivity contribution >= 4 is 39.8 Å². The Balaban J connectivity index is 1.81. The van der Waals surface area contributed by atoms with E-state index in [1.165, 1.54) is 30.4 Å². The minimum Gasteiger partial charge on any atom is -0.403 e. The van der Waals surface area contributed by atoms with Crippen LogP contribution in [0.2, 0.25) is 0 Å². The smallest absolute Gasteiger partial charge is 0.403 e. The van der Waals surface area contributed by atoms with Crippen molar-refractivity contribution in [3.05, 3.63) is 79.2 Å². The van der Waals surface area contributed by atoms with Crippen LogP contribution < -0.4 is 20.3 Å². The highest BCUT2D eigenvalue weighted by Crippen LogP contribution is 2.41. The molecule has 0 spiro atoms. The van der Waals surface area contributed by atoms with Gasteiger partial charge in [-0.15, -0.1) is 13.2 Å². The van der Waals surface area contributed by atoms with Crippen LogP contribution >= 0.6 is 0 Å². The normalized spacial score (nSPS) is 11.7. The molecule has 1 amide bonds. The number of para-hydroxylation sites is 1. The number of nitrogens with one attached hydrogen (secondary N) is 2. The van der Waals surface area contributed by atoms with Crippen LogP contribution in [0.15, 0.2) is 73.6 Å². The van der Waals surface area contributed by atoms with Crippen molar-refractivity contribution < 1.29 is 22.7 Å². The zero-order valence-corrected chi connectivity index (χ0v) is 24.7. The number of hydrogen-bond donors (Lipinski definition) is 2. The molecule has 9 nitrogen and oxygen atoms in total. The highest BCUT2D eigenvalue weighted by atomic mass is 19.4. The van der Waals surface area contributed by atoms with Gasteiger partial charge in [-0.2, -0.15) is 0 Å². The summed E-state index contributed by atoms with van der Waals surface area (Å²) in [6, 6.07) is 10.5. The van der Waals surface area contributed by atoms with E-state index in [0.717, 1.165) is 22.0 Å². The summed E-state index contributed by atoms with van der Waals surface area (Å²) in [4.78, 5) is 25.3. The number of rotatable bonds is 11. The lowest BCUT2D eigenvalue weighted by Gasteiger charge is -2.26. The van der Waals surface area contributed by atoms with Crippen LogP contribution in [0.1, 0.15) is 5.56 Å². The van der Waals surface area contributed by atoms with E-state index in [4.69, 9.17) is 0 Å². The number of halogens is 3. The Labute approximate surface area is 248 Å². The molecule has 0 atom stereocenters. The van der Waals surface area contributed by atoms with Gasteiger partial charge in [-0.3, -0.25) is 4.79 Å². The summed E-state index contributed by atoms with van der Waals surface area (Å²) in [6.45, 7) is 6.50. The van der Waals surface area contributed by atoms with E-state index < -0.39 is 18.0 Å². The summed E-state index contributed by atoms with van der Waals surface area (Å²) in [5.74, 6) is -0.935. The second-order valence-electron chi connectivity index (χ2n) is 10.2. The molecule has 0 unspecified atom stereocenters. The molecule has 4 rings (SSSR count). The number of alkyl halides is 3. The number of anilines is 4. The molecule has 12 heteroatoms. The van der Waals surface area contributed by atoms with Crippen molar-refractivity contribution in [2.24, 2.45) is 7.05 Å². The molecule has 0 aliphatic carbocycles. The Kier molecular flexibility index (Phi) is 9.40. The van der Waals surface area contributed by atoms with Gasteiger partial charge >= 0.3 is 6.36 Å². The maximum atomic E-state index is 13.6. The number of likely N-dealkylation sites (N-methyl/N-ethyl adjacent to an activating group) is 2. The van der Waals surface area contributed by atoms with Gasteiger partial charge in [0.2, 0.25) is 11.9 Å². The fourth-order valence-electron chi connectivity index (χ4n) is 4.52. The molecule has 226 valence electrons. The molecule has 4 aromatic rings. The summed E-state index contributed by atoms with van der Waals surface area (Å²) >= 11 is 0. The van der Waals surface area contributed by atoms with Gasteiger partial charge in [-0.1, -0.05) is 36.9 Å². The minimum absolute atomic E-state index is 0.0538. The highest BCUT2D eigenvalue weighted by Gasteiger charge is 2.33. The van der Waals surface area contributed by atoms with Gasteiger partial charge in [-0.25, -0.2) is 9.97 Å². The van der Waals surface area contributed by atoms with Crippen LogP contribution in [0.25, 0.3) is 22.2 Å². The van der Waals surface area contributed by atoms with Gasteiger partial charge in [0.1, 0.15) is 0 Å². The number of allylic oxidation sites excluding steroid dienone is 2. The number of carbonyl (C=O) groups is 1. The molecule has 43 heavy (non-hydrogen) atoms. The van der Waals surface area contributed by atoms with Crippen LogP contribution in [0.5, 0.6) is 5.75 Å². The standard InChI is InChI=1S/C31H34F3N7O2/c1-7-8-13-28(42)36-23-16-24(27(43-31(32,33)34)17-26(23)40(5)15-14-39(3)4)37-30-35-18-20(2)29(38-30)22-19-41(6)25-12-10-9-11-21(22)25/h7-13,16-19H,1,14-15H2,2-6H3,(H,36,42)(H,35,37,38)/b13-8+. The van der Waals surface area contributed by atoms with Crippen LogP contribution in [0.3, 0.4) is 0 Å². The summed E-state index contributed by atoms with van der Waals surface area (Å²) in [6.07, 6.45) is 2.74. The van der Waals surface area contributed by atoms with Gasteiger partial charge < -0.3 is 29.7 Å². The summed E-state index contributed by atoms with van der Waals surface area (Å²) in [5, 5.41) is 6.62. The molecule has 2 heterocycles. The molecular formula is C31H34F3N7O2. The first-order valence-electron chi connectivity index (χ1n) is 13.4. The quantitative estimate of drug-likeness (QED) is 0.157. The van der Waals surface area contributed by atoms with E-state index in [-0.39, 0.29) is 17.3 Å². The lowest BCUT2D eigenvalue weighted by molar-refractivity contribution is -0.274. The zero-order valence-electron chi connectivity index (χ0n) is 24.7. The fourth-order valence-corrected chi connectivity index (χ4v) is 4.52. The number of benzene rings is 2.